The van der Waals surface area contributed by atoms with Crippen LogP contribution in [0.25, 0.3) is 0 Å². The minimum absolute atomic E-state index is 0.0864. The van der Waals surface area contributed by atoms with Crippen molar-refractivity contribution >= 4 is 29.1 Å². The zero-order valence-corrected chi connectivity index (χ0v) is 18.9. The molecule has 3 aromatic rings. The quantitative estimate of drug-likeness (QED) is 0.338. The van der Waals surface area contributed by atoms with Gasteiger partial charge in [0.1, 0.15) is 24.7 Å². The number of nitrogens with zero attached hydrogens (tertiary/aromatic N) is 3. The van der Waals surface area contributed by atoms with Crippen molar-refractivity contribution in [2.45, 2.75) is 31.2 Å². The normalized spacial score (nSPS) is 11.9. The van der Waals surface area contributed by atoms with Crippen molar-refractivity contribution in [1.82, 2.24) is 14.8 Å². The largest absolute Gasteiger partial charge is 0.491 e. The van der Waals surface area contributed by atoms with E-state index in [-0.39, 0.29) is 19.0 Å². The smallest absolute Gasteiger partial charge is 0.191 e. The monoisotopic (exact) mass is 461 g/mol. The zero-order chi connectivity index (χ0) is 22.2. The molecule has 0 fully saturated rings. The average Bonchev–Trinajstić information content (AvgIpc) is 3.14. The van der Waals surface area contributed by atoms with Gasteiger partial charge in [-0.05, 0) is 36.4 Å². The fourth-order valence-corrected chi connectivity index (χ4v) is 3.68. The minimum atomic E-state index is -0.693. The molecule has 1 unspecified atom stereocenters. The Bertz CT molecular complexity index is 1010. The van der Waals surface area contributed by atoms with E-state index >= 15 is 0 Å². The third kappa shape index (κ3) is 6.46. The number of ketones is 1. The lowest BCUT2D eigenvalue weighted by atomic mass is 10.1. The van der Waals surface area contributed by atoms with Crippen LogP contribution in [0.4, 0.5) is 0 Å². The number of halogens is 1. The van der Waals surface area contributed by atoms with E-state index < -0.39 is 6.10 Å². The number of hydrogen-bond donors (Lipinski definition) is 1. The van der Waals surface area contributed by atoms with Crippen LogP contribution >= 0.6 is 23.4 Å². The fourth-order valence-electron chi connectivity index (χ4n) is 2.65. The van der Waals surface area contributed by atoms with Crippen molar-refractivity contribution in [3.63, 3.8) is 0 Å². The van der Waals surface area contributed by atoms with Gasteiger partial charge in [-0.3, -0.25) is 4.79 Å². The van der Waals surface area contributed by atoms with E-state index in [1.807, 2.05) is 30.7 Å². The lowest BCUT2D eigenvalue weighted by Gasteiger charge is -2.12. The molecule has 9 heteroatoms. The number of carbonyl (C=O) groups excluding carboxylic acids is 1. The Morgan fingerprint density at radius 2 is 1.90 bits per heavy atom. The topological polar surface area (TPSA) is 86.5 Å². The second-order valence-electron chi connectivity index (χ2n) is 6.75. The van der Waals surface area contributed by atoms with Crippen LogP contribution in [0.5, 0.6) is 11.5 Å². The summed E-state index contributed by atoms with van der Waals surface area (Å²) in [6.45, 7) is 2.19. The van der Waals surface area contributed by atoms with Gasteiger partial charge in [0.25, 0.3) is 0 Å². The summed E-state index contributed by atoms with van der Waals surface area (Å²) in [7, 11) is 1.84. The van der Waals surface area contributed by atoms with Crippen molar-refractivity contribution in [2.75, 3.05) is 12.4 Å². The number of aromatic nitrogens is 3. The molecule has 7 nitrogen and oxygen atoms in total. The molecule has 0 amide bonds. The maximum Gasteiger partial charge on any atom is 0.191 e. The molecule has 1 aromatic heterocycles. The molecule has 0 saturated carbocycles. The molecule has 0 saturated heterocycles. The molecular formula is C22H24ClN3O4S. The molecule has 0 aliphatic rings. The molecule has 2 aromatic carbocycles. The molecule has 164 valence electrons. The second-order valence-corrected chi connectivity index (χ2v) is 8.15. The second kappa shape index (κ2) is 11.2. The van der Waals surface area contributed by atoms with Crippen LogP contribution < -0.4 is 9.47 Å². The third-order valence-corrected chi connectivity index (χ3v) is 5.94. The van der Waals surface area contributed by atoms with E-state index in [0.29, 0.717) is 45.2 Å². The summed E-state index contributed by atoms with van der Waals surface area (Å²) in [6.07, 6.45) is -0.229. The summed E-state index contributed by atoms with van der Waals surface area (Å²) in [5.41, 5.74) is 0.655. The van der Waals surface area contributed by atoms with Gasteiger partial charge in [0, 0.05) is 24.8 Å². The number of aliphatic hydroxyl groups excluding tert-OH is 1. The van der Waals surface area contributed by atoms with Crippen molar-refractivity contribution in [3.8, 4) is 11.5 Å². The zero-order valence-electron chi connectivity index (χ0n) is 17.3. The highest BCUT2D eigenvalue weighted by Crippen LogP contribution is 2.24. The first kappa shape index (κ1) is 23.1. The average molecular weight is 462 g/mol. The first-order chi connectivity index (χ1) is 15.0. The van der Waals surface area contributed by atoms with Crippen LogP contribution in [-0.2, 0) is 13.7 Å². The Labute approximate surface area is 190 Å². The highest BCUT2D eigenvalue weighted by atomic mass is 35.5. The molecule has 0 radical (unpaired) electrons. The maximum absolute atomic E-state index is 11.7. The number of rotatable bonds is 11. The highest BCUT2D eigenvalue weighted by molar-refractivity contribution is 7.99. The fraction of sp³-hybridized carbons (Fsp3) is 0.318. The summed E-state index contributed by atoms with van der Waals surface area (Å²) in [5, 5.41) is 19.7. The highest BCUT2D eigenvalue weighted by Gasteiger charge is 2.14. The molecule has 1 N–H and O–H groups in total. The number of Topliss-reactive ketones (excluding diaryl/α,β-unsaturated/α-hetero) is 1. The Balaban J connectivity index is 1.45. The van der Waals surface area contributed by atoms with Gasteiger partial charge in [-0.15, -0.1) is 10.2 Å². The van der Waals surface area contributed by atoms with Crippen LogP contribution in [0.1, 0.15) is 29.5 Å². The number of para-hydroxylation sites is 1. The van der Waals surface area contributed by atoms with E-state index in [4.69, 9.17) is 21.1 Å². The summed E-state index contributed by atoms with van der Waals surface area (Å²) in [6, 6.07) is 14.2. The summed E-state index contributed by atoms with van der Waals surface area (Å²) >= 11 is 7.47. The van der Waals surface area contributed by atoms with Crippen LogP contribution in [0.3, 0.4) is 0 Å². The Kier molecular flexibility index (Phi) is 8.34. The van der Waals surface area contributed by atoms with E-state index in [9.17, 15) is 9.90 Å². The first-order valence-corrected chi connectivity index (χ1v) is 11.2. The molecule has 0 bridgehead atoms. The van der Waals surface area contributed by atoms with Gasteiger partial charge in [-0.2, -0.15) is 0 Å². The predicted octanol–water partition coefficient (Wildman–Crippen LogP) is 4.17. The van der Waals surface area contributed by atoms with Gasteiger partial charge >= 0.3 is 0 Å². The van der Waals surface area contributed by atoms with Gasteiger partial charge in [-0.25, -0.2) is 0 Å². The van der Waals surface area contributed by atoms with E-state index in [2.05, 4.69) is 10.2 Å². The number of hydrogen-bond acceptors (Lipinski definition) is 7. The Morgan fingerprint density at radius 3 is 2.61 bits per heavy atom. The number of aliphatic hydroxyl groups is 1. The van der Waals surface area contributed by atoms with Crippen molar-refractivity contribution < 1.29 is 19.4 Å². The standard InChI is InChI=1S/C22H24ClN3O4S/c1-3-19(28)15-8-10-17(11-9-15)29-12-16(27)14-31-22-25-24-21(26(22)2)13-30-20-7-5-4-6-18(20)23/h4-11,16,27H,3,12-14H2,1-2H3. The summed E-state index contributed by atoms with van der Waals surface area (Å²) in [4.78, 5) is 11.7. The molecule has 0 aliphatic carbocycles. The number of carbonyl (C=O) groups is 1. The van der Waals surface area contributed by atoms with Gasteiger partial charge in [0.05, 0.1) is 11.1 Å². The predicted molar refractivity (Wildman–Crippen MR) is 120 cm³/mol. The van der Waals surface area contributed by atoms with Gasteiger partial charge in [0.15, 0.2) is 16.8 Å². The molecule has 3 rings (SSSR count). The van der Waals surface area contributed by atoms with Crippen LogP contribution in [-0.4, -0.2) is 44.1 Å². The first-order valence-electron chi connectivity index (χ1n) is 9.80. The van der Waals surface area contributed by atoms with Gasteiger partial charge < -0.3 is 19.1 Å². The SMILES string of the molecule is CCC(=O)c1ccc(OCC(O)CSc2nnc(COc3ccccc3Cl)n2C)cc1. The van der Waals surface area contributed by atoms with Crippen LogP contribution in [0, 0.1) is 0 Å². The van der Waals surface area contributed by atoms with E-state index in [1.165, 1.54) is 11.8 Å². The van der Waals surface area contributed by atoms with Gasteiger partial charge in [-0.1, -0.05) is 42.4 Å². The maximum atomic E-state index is 11.7. The van der Waals surface area contributed by atoms with E-state index in [0.717, 1.165) is 0 Å². The molecule has 31 heavy (non-hydrogen) atoms. The number of ether oxygens (including phenoxy) is 2. The van der Waals surface area contributed by atoms with Crippen molar-refractivity contribution in [1.29, 1.82) is 0 Å². The number of thioether (sulfide) groups is 1. The minimum Gasteiger partial charge on any atom is -0.491 e. The summed E-state index contributed by atoms with van der Waals surface area (Å²) < 4.78 is 13.1. The van der Waals surface area contributed by atoms with Crippen molar-refractivity contribution in [3.05, 3.63) is 64.9 Å². The Morgan fingerprint density at radius 1 is 1.16 bits per heavy atom. The molecule has 0 aliphatic heterocycles. The van der Waals surface area contributed by atoms with Gasteiger partial charge in [0.2, 0.25) is 0 Å². The Hall–Kier alpha value is -2.55. The van der Waals surface area contributed by atoms with Crippen LogP contribution in [0.15, 0.2) is 53.7 Å². The molecular weight excluding hydrogens is 438 g/mol. The molecule has 0 spiro atoms. The lowest BCUT2D eigenvalue weighted by Crippen LogP contribution is -2.20. The van der Waals surface area contributed by atoms with Crippen molar-refractivity contribution in [2.24, 2.45) is 7.05 Å². The van der Waals surface area contributed by atoms with Crippen LogP contribution in [0.2, 0.25) is 5.02 Å². The molecule has 1 heterocycles. The lowest BCUT2D eigenvalue weighted by molar-refractivity contribution is 0.0987. The third-order valence-electron chi connectivity index (χ3n) is 4.46. The molecule has 1 atom stereocenters. The number of benzene rings is 2. The summed E-state index contributed by atoms with van der Waals surface area (Å²) in [5.74, 6) is 2.32. The van der Waals surface area contributed by atoms with E-state index in [1.54, 1.807) is 36.4 Å².